The van der Waals surface area contributed by atoms with E-state index in [-0.39, 0.29) is 17.9 Å². The molecule has 6 heteroatoms. The number of nitrogens with one attached hydrogen (secondary N) is 1. The lowest BCUT2D eigenvalue weighted by molar-refractivity contribution is -0.121. The SMILES string of the molecule is Cc1cccc(C(=O)N2CCn3cc(CC(=O)NC4CCC4)nc3[C@@H]2C)c1. The number of benzene rings is 1. The van der Waals surface area contributed by atoms with E-state index < -0.39 is 0 Å². The van der Waals surface area contributed by atoms with E-state index in [4.69, 9.17) is 0 Å². The number of hydrogen-bond donors (Lipinski definition) is 1. The van der Waals surface area contributed by atoms with E-state index >= 15 is 0 Å². The van der Waals surface area contributed by atoms with Crippen LogP contribution in [0.25, 0.3) is 0 Å². The summed E-state index contributed by atoms with van der Waals surface area (Å²) in [7, 11) is 0. The molecule has 27 heavy (non-hydrogen) atoms. The quantitative estimate of drug-likeness (QED) is 0.904. The lowest BCUT2D eigenvalue weighted by Crippen LogP contribution is -2.41. The Labute approximate surface area is 159 Å². The molecule has 1 aromatic carbocycles. The lowest BCUT2D eigenvalue weighted by atomic mass is 9.93. The Hall–Kier alpha value is -2.63. The molecule has 1 atom stereocenters. The Balaban J connectivity index is 1.47. The highest BCUT2D eigenvalue weighted by atomic mass is 16.2. The zero-order chi connectivity index (χ0) is 19.0. The molecule has 1 aliphatic heterocycles. The van der Waals surface area contributed by atoms with Crippen LogP contribution in [0.4, 0.5) is 0 Å². The second kappa shape index (κ2) is 7.18. The predicted molar refractivity (Wildman–Crippen MR) is 102 cm³/mol. The van der Waals surface area contributed by atoms with Crippen molar-refractivity contribution >= 4 is 11.8 Å². The molecule has 2 aromatic rings. The third-order valence-electron chi connectivity index (χ3n) is 5.62. The Morgan fingerprint density at radius 2 is 2.07 bits per heavy atom. The summed E-state index contributed by atoms with van der Waals surface area (Å²) in [4.78, 5) is 31.7. The van der Waals surface area contributed by atoms with Gasteiger partial charge in [-0.05, 0) is 45.2 Å². The molecule has 2 aliphatic rings. The van der Waals surface area contributed by atoms with Crippen LogP contribution < -0.4 is 5.32 Å². The van der Waals surface area contributed by atoms with Gasteiger partial charge in [0.1, 0.15) is 5.82 Å². The Morgan fingerprint density at radius 3 is 2.78 bits per heavy atom. The van der Waals surface area contributed by atoms with E-state index in [9.17, 15) is 9.59 Å². The van der Waals surface area contributed by atoms with E-state index in [0.717, 1.165) is 29.9 Å². The van der Waals surface area contributed by atoms with Gasteiger partial charge in [-0.25, -0.2) is 4.98 Å². The van der Waals surface area contributed by atoms with E-state index in [2.05, 4.69) is 14.9 Å². The molecule has 1 aromatic heterocycles. The molecular formula is C21H26N4O2. The van der Waals surface area contributed by atoms with Crippen molar-refractivity contribution in [2.75, 3.05) is 6.54 Å². The summed E-state index contributed by atoms with van der Waals surface area (Å²) >= 11 is 0. The molecule has 1 fully saturated rings. The van der Waals surface area contributed by atoms with Crippen LogP contribution in [0.3, 0.4) is 0 Å². The number of imidazole rings is 1. The first-order valence-electron chi connectivity index (χ1n) is 9.74. The second-order valence-electron chi connectivity index (χ2n) is 7.70. The third kappa shape index (κ3) is 3.61. The molecule has 0 spiro atoms. The maximum absolute atomic E-state index is 12.9. The zero-order valence-corrected chi connectivity index (χ0v) is 15.9. The van der Waals surface area contributed by atoms with Gasteiger partial charge >= 0.3 is 0 Å². The number of hydrogen-bond acceptors (Lipinski definition) is 3. The van der Waals surface area contributed by atoms with E-state index in [1.54, 1.807) is 0 Å². The number of amides is 2. The van der Waals surface area contributed by atoms with Gasteiger partial charge in [0, 0.05) is 30.9 Å². The molecular weight excluding hydrogens is 340 g/mol. The highest BCUT2D eigenvalue weighted by Gasteiger charge is 2.30. The van der Waals surface area contributed by atoms with Crippen molar-refractivity contribution < 1.29 is 9.59 Å². The van der Waals surface area contributed by atoms with Crippen LogP contribution >= 0.6 is 0 Å². The minimum Gasteiger partial charge on any atom is -0.353 e. The van der Waals surface area contributed by atoms with Gasteiger partial charge in [-0.1, -0.05) is 17.7 Å². The summed E-state index contributed by atoms with van der Waals surface area (Å²) in [6.45, 7) is 5.34. The van der Waals surface area contributed by atoms with Gasteiger partial charge in [0.2, 0.25) is 5.91 Å². The Morgan fingerprint density at radius 1 is 1.26 bits per heavy atom. The smallest absolute Gasteiger partial charge is 0.254 e. The first kappa shape index (κ1) is 17.8. The van der Waals surface area contributed by atoms with Crippen LogP contribution in [0.15, 0.2) is 30.5 Å². The summed E-state index contributed by atoms with van der Waals surface area (Å²) in [5, 5.41) is 3.06. The summed E-state index contributed by atoms with van der Waals surface area (Å²) in [5.41, 5.74) is 2.56. The van der Waals surface area contributed by atoms with Crippen molar-refractivity contribution in [3.05, 3.63) is 53.1 Å². The average Bonchev–Trinajstić information content (AvgIpc) is 3.01. The molecule has 0 bridgehead atoms. The van der Waals surface area contributed by atoms with Gasteiger partial charge in [0.15, 0.2) is 0 Å². The minimum atomic E-state index is -0.116. The summed E-state index contributed by atoms with van der Waals surface area (Å²) in [5.74, 6) is 0.925. The van der Waals surface area contributed by atoms with Gasteiger partial charge in [-0.3, -0.25) is 9.59 Å². The third-order valence-corrected chi connectivity index (χ3v) is 5.62. The molecule has 0 saturated heterocycles. The highest BCUT2D eigenvalue weighted by Crippen LogP contribution is 2.27. The fraction of sp³-hybridized carbons (Fsp3) is 0.476. The topological polar surface area (TPSA) is 67.2 Å². The number of rotatable bonds is 4. The average molecular weight is 366 g/mol. The van der Waals surface area contributed by atoms with Crippen molar-refractivity contribution in [1.82, 2.24) is 19.8 Å². The first-order valence-corrected chi connectivity index (χ1v) is 9.74. The van der Waals surface area contributed by atoms with Crippen molar-refractivity contribution in [3.63, 3.8) is 0 Å². The van der Waals surface area contributed by atoms with Gasteiger partial charge in [0.25, 0.3) is 5.91 Å². The van der Waals surface area contributed by atoms with Gasteiger partial charge in [-0.2, -0.15) is 0 Å². The van der Waals surface area contributed by atoms with Crippen LogP contribution in [-0.2, 0) is 17.8 Å². The highest BCUT2D eigenvalue weighted by molar-refractivity contribution is 5.94. The van der Waals surface area contributed by atoms with Gasteiger partial charge in [-0.15, -0.1) is 0 Å². The van der Waals surface area contributed by atoms with Crippen LogP contribution in [-0.4, -0.2) is 38.9 Å². The van der Waals surface area contributed by atoms with E-state index in [1.165, 1.54) is 6.42 Å². The summed E-state index contributed by atoms with van der Waals surface area (Å²) in [6.07, 6.45) is 5.62. The molecule has 0 radical (unpaired) electrons. The number of aromatic nitrogens is 2. The van der Waals surface area contributed by atoms with E-state index in [0.29, 0.717) is 31.1 Å². The summed E-state index contributed by atoms with van der Waals surface area (Å²) < 4.78 is 2.08. The first-order chi connectivity index (χ1) is 13.0. The molecule has 2 amide bonds. The minimum absolute atomic E-state index is 0.0322. The molecule has 1 saturated carbocycles. The Kier molecular flexibility index (Phi) is 4.72. The summed E-state index contributed by atoms with van der Waals surface area (Å²) in [6, 6.07) is 7.92. The van der Waals surface area contributed by atoms with Crippen molar-refractivity contribution in [2.24, 2.45) is 0 Å². The molecule has 2 heterocycles. The molecule has 1 aliphatic carbocycles. The second-order valence-corrected chi connectivity index (χ2v) is 7.70. The molecule has 6 nitrogen and oxygen atoms in total. The lowest BCUT2D eigenvalue weighted by Gasteiger charge is -2.33. The fourth-order valence-corrected chi connectivity index (χ4v) is 3.85. The largest absolute Gasteiger partial charge is 0.353 e. The van der Waals surface area contributed by atoms with Gasteiger partial charge in [0.05, 0.1) is 18.2 Å². The zero-order valence-electron chi connectivity index (χ0n) is 15.9. The number of carbonyl (C=O) groups excluding carboxylic acids is 2. The number of fused-ring (bicyclic) bond motifs is 1. The molecule has 4 rings (SSSR count). The maximum Gasteiger partial charge on any atom is 0.254 e. The molecule has 0 unspecified atom stereocenters. The van der Waals surface area contributed by atoms with Crippen LogP contribution in [0.5, 0.6) is 0 Å². The standard InChI is InChI=1S/C21H26N4O2/c1-14-5-3-6-16(11-14)21(27)25-10-9-24-13-18(23-20(24)15(25)2)12-19(26)22-17-7-4-8-17/h3,5-6,11,13,15,17H,4,7-10,12H2,1-2H3,(H,22,26)/t15-/m0/s1. The predicted octanol–water partition coefficient (Wildman–Crippen LogP) is 2.62. The Bertz CT molecular complexity index is 869. The van der Waals surface area contributed by atoms with E-state index in [1.807, 2.05) is 49.2 Å². The van der Waals surface area contributed by atoms with Crippen LogP contribution in [0, 0.1) is 6.92 Å². The van der Waals surface area contributed by atoms with Crippen molar-refractivity contribution in [3.8, 4) is 0 Å². The fourth-order valence-electron chi connectivity index (χ4n) is 3.85. The van der Waals surface area contributed by atoms with Crippen molar-refractivity contribution in [1.29, 1.82) is 0 Å². The molecule has 142 valence electrons. The normalized spacial score (nSPS) is 19.3. The van der Waals surface area contributed by atoms with Crippen LogP contribution in [0.2, 0.25) is 0 Å². The van der Waals surface area contributed by atoms with Gasteiger partial charge < -0.3 is 14.8 Å². The number of carbonyl (C=O) groups is 2. The maximum atomic E-state index is 12.9. The molecule has 1 N–H and O–H groups in total. The number of aryl methyl sites for hydroxylation is 1. The van der Waals surface area contributed by atoms with Crippen LogP contribution in [0.1, 0.15) is 59.7 Å². The van der Waals surface area contributed by atoms with Crippen molar-refractivity contribution in [2.45, 2.75) is 58.2 Å². The number of nitrogens with zero attached hydrogens (tertiary/aromatic N) is 3. The monoisotopic (exact) mass is 366 g/mol.